The Hall–Kier alpha value is -1.43. The number of hydrogen-bond acceptors (Lipinski definition) is 6. The first-order chi connectivity index (χ1) is 9.08. The number of rotatable bonds is 8. The lowest BCUT2D eigenvalue weighted by Gasteiger charge is -2.23. The maximum atomic E-state index is 5.55. The van der Waals surface area contributed by atoms with Crippen molar-refractivity contribution in [1.29, 1.82) is 0 Å². The normalized spacial score (nSPS) is 10.8. The molecule has 0 bridgehead atoms. The van der Waals surface area contributed by atoms with E-state index in [1.807, 2.05) is 20.9 Å². The quantitative estimate of drug-likeness (QED) is 0.673. The lowest BCUT2D eigenvalue weighted by Crippen LogP contribution is -2.29. The van der Waals surface area contributed by atoms with Gasteiger partial charge in [0, 0.05) is 20.1 Å². The van der Waals surface area contributed by atoms with E-state index >= 15 is 0 Å². The van der Waals surface area contributed by atoms with Crippen LogP contribution in [0.5, 0.6) is 0 Å². The Morgan fingerprint density at radius 3 is 2.21 bits per heavy atom. The highest BCUT2D eigenvalue weighted by atomic mass is 16.7. The highest BCUT2D eigenvalue weighted by molar-refractivity contribution is 5.35. The minimum atomic E-state index is 0.0904. The van der Waals surface area contributed by atoms with Crippen molar-refractivity contribution in [2.24, 2.45) is 0 Å². The molecule has 6 heteroatoms. The lowest BCUT2D eigenvalue weighted by molar-refractivity contribution is 0.0643. The molecule has 19 heavy (non-hydrogen) atoms. The Morgan fingerprint density at radius 2 is 1.68 bits per heavy atom. The van der Waals surface area contributed by atoms with Crippen LogP contribution in [0.4, 0.5) is 11.9 Å². The van der Waals surface area contributed by atoms with Gasteiger partial charge < -0.3 is 4.90 Å². The fourth-order valence-electron chi connectivity index (χ4n) is 1.80. The van der Waals surface area contributed by atoms with Gasteiger partial charge in [0.2, 0.25) is 5.95 Å². The molecule has 0 aliphatic rings. The van der Waals surface area contributed by atoms with Gasteiger partial charge in [-0.05, 0) is 26.7 Å². The Bertz CT molecular complexity index is 366. The largest absolute Gasteiger partial charge is 0.341 e. The number of anilines is 2. The van der Waals surface area contributed by atoms with Gasteiger partial charge in [0.25, 0.3) is 5.95 Å². The van der Waals surface area contributed by atoms with Crippen LogP contribution >= 0.6 is 0 Å². The smallest absolute Gasteiger partial charge is 0.254 e. The second-order valence-electron chi connectivity index (χ2n) is 4.72. The summed E-state index contributed by atoms with van der Waals surface area (Å²) in [6.07, 6.45) is 3.77. The molecule has 0 aliphatic carbocycles. The molecule has 1 rings (SSSR count). The summed E-state index contributed by atoms with van der Waals surface area (Å²) in [5, 5.41) is 1.59. The first-order valence-electron chi connectivity index (χ1n) is 6.92. The van der Waals surface area contributed by atoms with Gasteiger partial charge in [-0.2, -0.15) is 9.97 Å². The zero-order valence-corrected chi connectivity index (χ0v) is 12.6. The third-order valence-corrected chi connectivity index (χ3v) is 2.47. The fraction of sp³-hybridized carbons (Fsp3) is 0.769. The summed E-state index contributed by atoms with van der Waals surface area (Å²) in [7, 11) is 1.81. The van der Waals surface area contributed by atoms with Crippen molar-refractivity contribution in [1.82, 2.24) is 15.0 Å². The first-order valence-corrected chi connectivity index (χ1v) is 6.92. The number of hydroxylamine groups is 1. The Morgan fingerprint density at radius 1 is 1.11 bits per heavy atom. The van der Waals surface area contributed by atoms with E-state index in [2.05, 4.69) is 33.7 Å². The van der Waals surface area contributed by atoms with Crippen molar-refractivity contribution < 1.29 is 4.84 Å². The molecule has 0 aromatic carbocycles. The van der Waals surface area contributed by atoms with Crippen LogP contribution in [-0.4, -0.2) is 41.2 Å². The summed E-state index contributed by atoms with van der Waals surface area (Å²) in [6, 6.07) is 0. The average molecular weight is 267 g/mol. The van der Waals surface area contributed by atoms with Crippen LogP contribution in [0.2, 0.25) is 0 Å². The number of hydrogen-bond donors (Lipinski definition) is 0. The predicted molar refractivity (Wildman–Crippen MR) is 77.2 cm³/mol. The number of nitrogens with zero attached hydrogens (tertiary/aromatic N) is 5. The average Bonchev–Trinajstić information content (AvgIpc) is 2.38. The van der Waals surface area contributed by atoms with Gasteiger partial charge in [-0.3, -0.25) is 4.84 Å². The van der Waals surface area contributed by atoms with E-state index in [4.69, 9.17) is 4.84 Å². The second kappa shape index (κ2) is 7.89. The van der Waals surface area contributed by atoms with Crippen molar-refractivity contribution in [2.45, 2.75) is 46.6 Å². The molecule has 0 saturated carbocycles. The molecule has 6 nitrogen and oxygen atoms in total. The third kappa shape index (κ3) is 4.98. The minimum absolute atomic E-state index is 0.0904. The zero-order valence-electron chi connectivity index (χ0n) is 12.6. The van der Waals surface area contributed by atoms with E-state index in [1.54, 1.807) is 5.06 Å². The van der Waals surface area contributed by atoms with Gasteiger partial charge in [0.15, 0.2) is 0 Å². The van der Waals surface area contributed by atoms with Gasteiger partial charge in [-0.15, -0.1) is 0 Å². The maximum Gasteiger partial charge on any atom is 0.254 e. The van der Waals surface area contributed by atoms with E-state index in [0.717, 1.165) is 25.9 Å². The van der Waals surface area contributed by atoms with Gasteiger partial charge in [-0.25, -0.2) is 10.0 Å². The summed E-state index contributed by atoms with van der Waals surface area (Å²) in [4.78, 5) is 20.6. The third-order valence-electron chi connectivity index (χ3n) is 2.47. The van der Waals surface area contributed by atoms with E-state index in [9.17, 15) is 0 Å². The van der Waals surface area contributed by atoms with Gasteiger partial charge in [0.05, 0.1) is 6.10 Å². The molecule has 0 saturated heterocycles. The van der Waals surface area contributed by atoms with Crippen LogP contribution < -0.4 is 9.96 Å². The molecule has 0 amide bonds. The van der Waals surface area contributed by atoms with Crippen molar-refractivity contribution >= 4 is 11.9 Å². The number of aromatic nitrogens is 3. The molecule has 0 aliphatic heterocycles. The van der Waals surface area contributed by atoms with E-state index in [0.29, 0.717) is 11.9 Å². The molecule has 1 heterocycles. The molecule has 0 N–H and O–H groups in total. The van der Waals surface area contributed by atoms with E-state index in [1.165, 1.54) is 6.33 Å². The van der Waals surface area contributed by atoms with Crippen molar-refractivity contribution in [3.05, 3.63) is 6.33 Å². The van der Waals surface area contributed by atoms with Crippen LogP contribution in [0.1, 0.15) is 40.5 Å². The standard InChI is InChI=1S/C13H25N5O/c1-6-8-18(9-7-2)13-15-10-14-12(16-13)17(5)19-11(3)4/h10-11H,6-9H2,1-5H3. The van der Waals surface area contributed by atoms with E-state index in [-0.39, 0.29) is 6.10 Å². The topological polar surface area (TPSA) is 54.4 Å². The Labute approximate surface area is 115 Å². The molecule has 1 aromatic rings. The molecular weight excluding hydrogens is 242 g/mol. The monoisotopic (exact) mass is 267 g/mol. The highest BCUT2D eigenvalue weighted by Gasteiger charge is 2.12. The summed E-state index contributed by atoms with van der Waals surface area (Å²) < 4.78 is 0. The SMILES string of the molecule is CCCN(CCC)c1ncnc(N(C)OC(C)C)n1. The summed E-state index contributed by atoms with van der Waals surface area (Å²) >= 11 is 0. The van der Waals surface area contributed by atoms with Gasteiger partial charge in [-0.1, -0.05) is 13.8 Å². The Balaban J connectivity index is 2.84. The maximum absolute atomic E-state index is 5.55. The molecule has 1 aromatic heterocycles. The molecular formula is C13H25N5O. The van der Waals surface area contributed by atoms with E-state index < -0.39 is 0 Å². The predicted octanol–water partition coefficient (Wildman–Crippen LogP) is 2.27. The highest BCUT2D eigenvalue weighted by Crippen LogP contribution is 2.13. The molecule has 0 atom stereocenters. The van der Waals surface area contributed by atoms with Crippen molar-refractivity contribution in [3.63, 3.8) is 0 Å². The Kier molecular flexibility index (Phi) is 6.49. The van der Waals surface area contributed by atoms with Crippen LogP contribution in [0, 0.1) is 0 Å². The van der Waals surface area contributed by atoms with Crippen molar-refractivity contribution in [3.8, 4) is 0 Å². The van der Waals surface area contributed by atoms with Gasteiger partial charge in [0.1, 0.15) is 6.33 Å². The molecule has 0 fully saturated rings. The zero-order chi connectivity index (χ0) is 14.3. The van der Waals surface area contributed by atoms with Gasteiger partial charge >= 0.3 is 0 Å². The molecule has 0 unspecified atom stereocenters. The van der Waals surface area contributed by atoms with Crippen molar-refractivity contribution in [2.75, 3.05) is 30.1 Å². The second-order valence-corrected chi connectivity index (χ2v) is 4.72. The first kappa shape index (κ1) is 15.6. The fourth-order valence-corrected chi connectivity index (χ4v) is 1.80. The minimum Gasteiger partial charge on any atom is -0.341 e. The molecule has 108 valence electrons. The molecule has 0 radical (unpaired) electrons. The van der Waals surface area contributed by atoms with Crippen LogP contribution in [-0.2, 0) is 4.84 Å². The summed E-state index contributed by atoms with van der Waals surface area (Å²) in [5.41, 5.74) is 0. The van der Waals surface area contributed by atoms with Crippen LogP contribution in [0.3, 0.4) is 0 Å². The molecule has 0 spiro atoms. The summed E-state index contributed by atoms with van der Waals surface area (Å²) in [5.74, 6) is 1.25. The lowest BCUT2D eigenvalue weighted by atomic mass is 10.4. The summed E-state index contributed by atoms with van der Waals surface area (Å²) in [6.45, 7) is 10.1. The van der Waals surface area contributed by atoms with Crippen LogP contribution in [0.25, 0.3) is 0 Å². The van der Waals surface area contributed by atoms with Crippen LogP contribution in [0.15, 0.2) is 6.33 Å².